The number of hydrogen-bond donors (Lipinski definition) is 1. The number of nitriles is 1. The molecule has 0 spiro atoms. The Morgan fingerprint density at radius 2 is 1.92 bits per heavy atom. The lowest BCUT2D eigenvalue weighted by Gasteiger charge is -2.14. The molecule has 4 nitrogen and oxygen atoms in total. The first-order valence-electron chi connectivity index (χ1n) is 8.59. The van der Waals surface area contributed by atoms with E-state index in [1.165, 1.54) is 5.56 Å². The van der Waals surface area contributed by atoms with E-state index < -0.39 is 0 Å². The molecule has 0 saturated carbocycles. The number of hydrogen-bond acceptors (Lipinski definition) is 4. The van der Waals surface area contributed by atoms with E-state index in [9.17, 15) is 5.26 Å². The molecule has 0 aliphatic heterocycles. The first-order chi connectivity index (χ1) is 12.1. The summed E-state index contributed by atoms with van der Waals surface area (Å²) < 4.78 is 5.43. The Bertz CT molecular complexity index is 771. The molecule has 0 saturated heterocycles. The van der Waals surface area contributed by atoms with Crippen molar-refractivity contribution >= 4 is 17.6 Å². The predicted octanol–water partition coefficient (Wildman–Crippen LogP) is 5.26. The van der Waals surface area contributed by atoms with E-state index in [4.69, 9.17) is 4.74 Å². The molecular formula is C21H25N3O. The van der Waals surface area contributed by atoms with E-state index in [-0.39, 0.29) is 0 Å². The number of ether oxygens (including phenoxy) is 1. The molecule has 0 aliphatic rings. The van der Waals surface area contributed by atoms with Crippen LogP contribution < -0.4 is 10.1 Å². The highest BCUT2D eigenvalue weighted by molar-refractivity contribution is 5.87. The van der Waals surface area contributed by atoms with Gasteiger partial charge in [0, 0.05) is 12.8 Å². The van der Waals surface area contributed by atoms with Crippen LogP contribution >= 0.6 is 0 Å². The topological polar surface area (TPSA) is 57.4 Å². The lowest BCUT2D eigenvalue weighted by atomic mass is 10.0. The molecule has 0 fully saturated rings. The molecule has 2 aromatic carbocycles. The largest absolute Gasteiger partial charge is 0.495 e. The highest BCUT2D eigenvalue weighted by Crippen LogP contribution is 2.37. The Balaban J connectivity index is 2.40. The van der Waals surface area contributed by atoms with Gasteiger partial charge in [-0.25, -0.2) is 0 Å². The average Bonchev–Trinajstić information content (AvgIpc) is 2.64. The SMILES string of the molecule is CCCNc1c(OC)ccc(C#N)c1N=Cc1ccc(C(C)C)cc1. The van der Waals surface area contributed by atoms with Crippen LogP contribution in [-0.4, -0.2) is 19.9 Å². The second-order valence-corrected chi connectivity index (χ2v) is 6.16. The average molecular weight is 335 g/mol. The minimum absolute atomic E-state index is 0.499. The van der Waals surface area contributed by atoms with Crippen LogP contribution in [0.1, 0.15) is 49.8 Å². The van der Waals surface area contributed by atoms with Crippen LogP contribution in [0.25, 0.3) is 0 Å². The zero-order valence-corrected chi connectivity index (χ0v) is 15.3. The smallest absolute Gasteiger partial charge is 0.144 e. The summed E-state index contributed by atoms with van der Waals surface area (Å²) in [5.74, 6) is 1.19. The van der Waals surface area contributed by atoms with Gasteiger partial charge < -0.3 is 10.1 Å². The van der Waals surface area contributed by atoms with Gasteiger partial charge in [0.1, 0.15) is 23.2 Å². The lowest BCUT2D eigenvalue weighted by molar-refractivity contribution is 0.416. The van der Waals surface area contributed by atoms with E-state index in [0.717, 1.165) is 24.2 Å². The molecular weight excluding hydrogens is 310 g/mol. The van der Waals surface area contributed by atoms with Gasteiger partial charge in [0.25, 0.3) is 0 Å². The molecule has 0 unspecified atom stereocenters. The molecule has 0 radical (unpaired) electrons. The molecule has 25 heavy (non-hydrogen) atoms. The van der Waals surface area contributed by atoms with E-state index in [1.807, 2.05) is 12.1 Å². The molecule has 0 aromatic heterocycles. The molecule has 0 atom stereocenters. The zero-order valence-electron chi connectivity index (χ0n) is 15.3. The second kappa shape index (κ2) is 8.89. The molecule has 0 aliphatic carbocycles. The Kier molecular flexibility index (Phi) is 6.59. The van der Waals surface area contributed by atoms with Crippen molar-refractivity contribution in [3.63, 3.8) is 0 Å². The monoisotopic (exact) mass is 335 g/mol. The third-order valence-corrected chi connectivity index (χ3v) is 3.98. The van der Waals surface area contributed by atoms with E-state index in [2.05, 4.69) is 49.3 Å². The molecule has 130 valence electrons. The summed E-state index contributed by atoms with van der Waals surface area (Å²) in [4.78, 5) is 4.59. The third-order valence-electron chi connectivity index (χ3n) is 3.98. The number of aliphatic imine (C=N–C) groups is 1. The van der Waals surface area contributed by atoms with Gasteiger partial charge in [-0.2, -0.15) is 5.26 Å². The van der Waals surface area contributed by atoms with Crippen LogP contribution in [0.15, 0.2) is 41.4 Å². The van der Waals surface area contributed by atoms with Gasteiger partial charge in [-0.15, -0.1) is 0 Å². The van der Waals surface area contributed by atoms with Crippen LogP contribution in [0.5, 0.6) is 5.75 Å². The predicted molar refractivity (Wildman–Crippen MR) is 104 cm³/mol. The number of rotatable bonds is 7. The van der Waals surface area contributed by atoms with Crippen LogP contribution in [0.3, 0.4) is 0 Å². The van der Waals surface area contributed by atoms with Gasteiger partial charge >= 0.3 is 0 Å². The Morgan fingerprint density at radius 3 is 2.48 bits per heavy atom. The quantitative estimate of drug-likeness (QED) is 0.702. The second-order valence-electron chi connectivity index (χ2n) is 6.16. The van der Waals surface area contributed by atoms with Crippen LogP contribution in [-0.2, 0) is 0 Å². The number of nitrogens with zero attached hydrogens (tertiary/aromatic N) is 2. The van der Waals surface area contributed by atoms with Gasteiger partial charge in [0.2, 0.25) is 0 Å². The zero-order chi connectivity index (χ0) is 18.2. The van der Waals surface area contributed by atoms with Gasteiger partial charge in [-0.05, 0) is 35.6 Å². The van der Waals surface area contributed by atoms with Gasteiger partial charge in [-0.1, -0.05) is 45.0 Å². The van der Waals surface area contributed by atoms with Crippen molar-refractivity contribution in [2.24, 2.45) is 4.99 Å². The van der Waals surface area contributed by atoms with Gasteiger partial charge in [0.05, 0.1) is 12.7 Å². The number of anilines is 1. The fourth-order valence-corrected chi connectivity index (χ4v) is 2.49. The maximum atomic E-state index is 9.43. The molecule has 1 N–H and O–H groups in total. The highest BCUT2D eigenvalue weighted by Gasteiger charge is 2.13. The lowest BCUT2D eigenvalue weighted by Crippen LogP contribution is -2.03. The standard InChI is InChI=1S/C21H25N3O/c1-5-12-23-21-19(25-4)11-10-18(13-22)20(21)24-14-16-6-8-17(9-7-16)15(2)3/h6-11,14-15,23H,5,12H2,1-4H3. The van der Waals surface area contributed by atoms with E-state index >= 15 is 0 Å². The number of nitrogens with one attached hydrogen (secondary N) is 1. The maximum Gasteiger partial charge on any atom is 0.144 e. The van der Waals surface area contributed by atoms with Crippen molar-refractivity contribution in [3.05, 3.63) is 53.1 Å². The third kappa shape index (κ3) is 4.60. The Hall–Kier alpha value is -2.80. The maximum absolute atomic E-state index is 9.43. The van der Waals surface area contributed by atoms with Crippen LogP contribution in [0, 0.1) is 11.3 Å². The van der Waals surface area contributed by atoms with Crippen molar-refractivity contribution < 1.29 is 4.74 Å². The number of benzene rings is 2. The van der Waals surface area contributed by atoms with E-state index in [0.29, 0.717) is 22.9 Å². The summed E-state index contributed by atoms with van der Waals surface area (Å²) in [5, 5.41) is 12.8. The molecule has 0 heterocycles. The summed E-state index contributed by atoms with van der Waals surface area (Å²) >= 11 is 0. The number of methoxy groups -OCH3 is 1. The molecule has 2 aromatic rings. The van der Waals surface area contributed by atoms with Crippen molar-refractivity contribution in [1.82, 2.24) is 0 Å². The summed E-state index contributed by atoms with van der Waals surface area (Å²) in [6.07, 6.45) is 2.76. The summed E-state index contributed by atoms with van der Waals surface area (Å²) in [7, 11) is 1.62. The summed E-state index contributed by atoms with van der Waals surface area (Å²) in [6.45, 7) is 7.22. The molecule has 0 amide bonds. The minimum atomic E-state index is 0.499. The Morgan fingerprint density at radius 1 is 1.20 bits per heavy atom. The molecule has 4 heteroatoms. The summed E-state index contributed by atoms with van der Waals surface area (Å²) in [5.41, 5.74) is 4.19. The molecule has 2 rings (SSSR count). The van der Waals surface area contributed by atoms with Crippen molar-refractivity contribution in [2.75, 3.05) is 19.0 Å². The van der Waals surface area contributed by atoms with Crippen molar-refractivity contribution in [3.8, 4) is 11.8 Å². The first kappa shape index (κ1) is 18.5. The minimum Gasteiger partial charge on any atom is -0.495 e. The van der Waals surface area contributed by atoms with E-state index in [1.54, 1.807) is 25.5 Å². The van der Waals surface area contributed by atoms with Crippen molar-refractivity contribution in [2.45, 2.75) is 33.1 Å². The van der Waals surface area contributed by atoms with Crippen LogP contribution in [0.4, 0.5) is 11.4 Å². The summed E-state index contributed by atoms with van der Waals surface area (Å²) in [6, 6.07) is 14.1. The molecule has 0 bridgehead atoms. The van der Waals surface area contributed by atoms with Gasteiger partial charge in [-0.3, -0.25) is 4.99 Å². The van der Waals surface area contributed by atoms with Crippen molar-refractivity contribution in [1.29, 1.82) is 5.26 Å². The first-order valence-corrected chi connectivity index (χ1v) is 8.59. The fourth-order valence-electron chi connectivity index (χ4n) is 2.49. The highest BCUT2D eigenvalue weighted by atomic mass is 16.5. The van der Waals surface area contributed by atoms with Crippen LogP contribution in [0.2, 0.25) is 0 Å². The fraction of sp³-hybridized carbons (Fsp3) is 0.333. The normalized spacial score (nSPS) is 10.9. The van der Waals surface area contributed by atoms with Gasteiger partial charge in [0.15, 0.2) is 0 Å². The Labute approximate surface area is 150 Å².